The molecule has 0 aliphatic heterocycles. The van der Waals surface area contributed by atoms with Gasteiger partial charge in [0.2, 0.25) is 0 Å². The summed E-state index contributed by atoms with van der Waals surface area (Å²) in [7, 11) is 0. The zero-order valence-electron chi connectivity index (χ0n) is 12.3. The fourth-order valence-electron chi connectivity index (χ4n) is 1.97. The molecule has 102 valence electrons. The van der Waals surface area contributed by atoms with Crippen molar-refractivity contribution in [3.63, 3.8) is 0 Å². The van der Waals surface area contributed by atoms with Gasteiger partial charge < -0.3 is 0 Å². The van der Waals surface area contributed by atoms with Crippen LogP contribution in [0.1, 0.15) is 38.4 Å². The largest absolute Gasteiger partial charge is 0.267 e. The van der Waals surface area contributed by atoms with E-state index >= 15 is 0 Å². The molecule has 1 heterocycles. The van der Waals surface area contributed by atoms with Gasteiger partial charge in [-0.2, -0.15) is 5.10 Å². The van der Waals surface area contributed by atoms with Crippen LogP contribution in [0.25, 0.3) is 6.08 Å². The number of allylic oxidation sites excluding steroid dienone is 5. The predicted octanol–water partition coefficient (Wildman–Crippen LogP) is 4.56. The summed E-state index contributed by atoms with van der Waals surface area (Å²) >= 11 is 0. The summed E-state index contributed by atoms with van der Waals surface area (Å²) in [6, 6.07) is 0. The molecule has 2 heteroatoms. The molecule has 0 atom stereocenters. The number of nitrogens with zero attached hydrogens (tertiary/aromatic N) is 2. The number of aromatic nitrogens is 2. The van der Waals surface area contributed by atoms with Crippen LogP contribution in [0.5, 0.6) is 0 Å². The lowest BCUT2D eigenvalue weighted by Gasteiger charge is -2.06. The highest BCUT2D eigenvalue weighted by Crippen LogP contribution is 2.22. The minimum atomic E-state index is 0.740. The first-order valence-electron chi connectivity index (χ1n) is 6.89. The van der Waals surface area contributed by atoms with Gasteiger partial charge in [-0.3, -0.25) is 4.68 Å². The second-order valence-corrected chi connectivity index (χ2v) is 4.48. The van der Waals surface area contributed by atoms with E-state index in [2.05, 4.69) is 37.5 Å². The molecule has 0 radical (unpaired) electrons. The summed E-state index contributed by atoms with van der Waals surface area (Å²) in [4.78, 5) is 0. The van der Waals surface area contributed by atoms with E-state index in [0.29, 0.717) is 0 Å². The molecule has 0 bridgehead atoms. The molecule has 0 aromatic carbocycles. The molecule has 0 spiro atoms. The zero-order valence-corrected chi connectivity index (χ0v) is 12.3. The summed E-state index contributed by atoms with van der Waals surface area (Å²) in [6.07, 6.45) is 12.2. The summed E-state index contributed by atoms with van der Waals surface area (Å²) in [6.45, 7) is 14.5. The Balaban J connectivity index is 0.000000861. The summed E-state index contributed by atoms with van der Waals surface area (Å²) in [5.74, 6) is 0. The third-order valence-corrected chi connectivity index (χ3v) is 2.87. The Kier molecular flexibility index (Phi) is 6.07. The van der Waals surface area contributed by atoms with Crippen molar-refractivity contribution in [2.45, 2.75) is 40.2 Å². The van der Waals surface area contributed by atoms with Crippen LogP contribution in [0.2, 0.25) is 0 Å². The van der Waals surface area contributed by atoms with E-state index in [0.717, 1.165) is 30.7 Å². The van der Waals surface area contributed by atoms with Gasteiger partial charge in [0.1, 0.15) is 0 Å². The summed E-state index contributed by atoms with van der Waals surface area (Å²) in [5.41, 5.74) is 4.91. The molecule has 19 heavy (non-hydrogen) atoms. The maximum absolute atomic E-state index is 4.57. The highest BCUT2D eigenvalue weighted by molar-refractivity contribution is 5.54. The third-order valence-electron chi connectivity index (χ3n) is 2.87. The average molecular weight is 256 g/mol. The number of hydrogen-bond donors (Lipinski definition) is 0. The first-order valence-corrected chi connectivity index (χ1v) is 6.89. The standard InChI is InChI=1S/C15H18N2.C2H6/c1-4-5-6-13(3)10-17-11-14-8-7-12(2)9-15(14)16-17;1-2/h4-6,9,11H,1,3,7-8,10H2,2H3;1-2H3/b6-5-;. The zero-order chi connectivity index (χ0) is 14.3. The SMILES string of the molecule is C=C/C=C\C(=C)Cn1cc2c(n1)C=C(C)CC2.CC. The molecule has 1 aliphatic rings. The molecule has 1 aromatic heterocycles. The maximum atomic E-state index is 4.57. The number of hydrogen-bond acceptors (Lipinski definition) is 1. The van der Waals surface area contributed by atoms with E-state index < -0.39 is 0 Å². The molecule has 2 nitrogen and oxygen atoms in total. The minimum Gasteiger partial charge on any atom is -0.267 e. The number of aryl methyl sites for hydroxylation is 1. The molecular formula is C17H24N2. The van der Waals surface area contributed by atoms with Crippen molar-refractivity contribution in [1.82, 2.24) is 9.78 Å². The fourth-order valence-corrected chi connectivity index (χ4v) is 1.97. The van der Waals surface area contributed by atoms with E-state index in [1.807, 2.05) is 30.7 Å². The second kappa shape index (κ2) is 7.57. The Labute approximate surface area is 116 Å². The topological polar surface area (TPSA) is 17.8 Å². The molecular weight excluding hydrogens is 232 g/mol. The van der Waals surface area contributed by atoms with Crippen LogP contribution in [0, 0.1) is 0 Å². The monoisotopic (exact) mass is 256 g/mol. The fraction of sp³-hybridized carbons (Fsp3) is 0.353. The van der Waals surface area contributed by atoms with E-state index in [4.69, 9.17) is 0 Å². The lowest BCUT2D eigenvalue weighted by atomic mass is 9.99. The van der Waals surface area contributed by atoms with E-state index in [-0.39, 0.29) is 0 Å². The Hall–Kier alpha value is -1.83. The maximum Gasteiger partial charge on any atom is 0.0882 e. The lowest BCUT2D eigenvalue weighted by Crippen LogP contribution is -1.99. The van der Waals surface area contributed by atoms with Crippen LogP contribution in [0.4, 0.5) is 0 Å². The Morgan fingerprint density at radius 3 is 2.84 bits per heavy atom. The van der Waals surface area contributed by atoms with Crippen LogP contribution in [-0.4, -0.2) is 9.78 Å². The summed E-state index contributed by atoms with van der Waals surface area (Å²) < 4.78 is 1.97. The normalized spacial score (nSPS) is 13.3. The lowest BCUT2D eigenvalue weighted by molar-refractivity contribution is 0.685. The van der Waals surface area contributed by atoms with Crippen molar-refractivity contribution >= 4 is 6.08 Å². The molecule has 0 fully saturated rings. The van der Waals surface area contributed by atoms with Crippen molar-refractivity contribution in [3.05, 3.63) is 60.0 Å². The second-order valence-electron chi connectivity index (χ2n) is 4.48. The quantitative estimate of drug-likeness (QED) is 0.722. The van der Waals surface area contributed by atoms with Gasteiger partial charge in [0, 0.05) is 6.20 Å². The van der Waals surface area contributed by atoms with Gasteiger partial charge in [-0.15, -0.1) is 0 Å². The van der Waals surface area contributed by atoms with Gasteiger partial charge in [-0.1, -0.05) is 50.8 Å². The highest BCUT2D eigenvalue weighted by atomic mass is 15.3. The molecule has 0 saturated heterocycles. The molecule has 0 N–H and O–H groups in total. The smallest absolute Gasteiger partial charge is 0.0882 e. The first kappa shape index (κ1) is 15.2. The summed E-state index contributed by atoms with van der Waals surface area (Å²) in [5, 5.41) is 4.57. The molecule has 0 amide bonds. The van der Waals surface area contributed by atoms with Crippen LogP contribution in [-0.2, 0) is 13.0 Å². The number of rotatable bonds is 4. The number of fused-ring (bicyclic) bond motifs is 1. The van der Waals surface area contributed by atoms with Gasteiger partial charge in [-0.25, -0.2) is 0 Å². The Morgan fingerprint density at radius 1 is 1.42 bits per heavy atom. The first-order chi connectivity index (χ1) is 9.19. The Bertz CT molecular complexity index is 501. The van der Waals surface area contributed by atoms with E-state index in [1.54, 1.807) is 6.08 Å². The van der Waals surface area contributed by atoms with Gasteiger partial charge in [0.15, 0.2) is 0 Å². The molecule has 1 aromatic rings. The van der Waals surface area contributed by atoms with Gasteiger partial charge in [0.25, 0.3) is 0 Å². The van der Waals surface area contributed by atoms with Crippen molar-refractivity contribution < 1.29 is 0 Å². The highest BCUT2D eigenvalue weighted by Gasteiger charge is 2.11. The molecule has 1 aliphatic carbocycles. The van der Waals surface area contributed by atoms with Crippen LogP contribution >= 0.6 is 0 Å². The van der Waals surface area contributed by atoms with Crippen molar-refractivity contribution in [3.8, 4) is 0 Å². The Morgan fingerprint density at radius 2 is 2.16 bits per heavy atom. The van der Waals surface area contributed by atoms with E-state index in [1.165, 1.54) is 11.1 Å². The molecule has 0 saturated carbocycles. The average Bonchev–Trinajstić information content (AvgIpc) is 2.80. The van der Waals surface area contributed by atoms with Gasteiger partial charge in [0.05, 0.1) is 12.2 Å². The third kappa shape index (κ3) is 4.40. The van der Waals surface area contributed by atoms with Crippen LogP contribution < -0.4 is 0 Å². The molecule has 0 unspecified atom stereocenters. The van der Waals surface area contributed by atoms with Crippen molar-refractivity contribution in [2.24, 2.45) is 0 Å². The van der Waals surface area contributed by atoms with Crippen molar-refractivity contribution in [1.29, 1.82) is 0 Å². The minimum absolute atomic E-state index is 0.740. The molecule has 2 rings (SSSR count). The van der Waals surface area contributed by atoms with Gasteiger partial charge >= 0.3 is 0 Å². The van der Waals surface area contributed by atoms with E-state index in [9.17, 15) is 0 Å². The predicted molar refractivity (Wildman–Crippen MR) is 84.0 cm³/mol. The van der Waals surface area contributed by atoms with Crippen LogP contribution in [0.15, 0.2) is 48.7 Å². The van der Waals surface area contributed by atoms with Gasteiger partial charge in [-0.05, 0) is 37.0 Å². The van der Waals surface area contributed by atoms with Crippen LogP contribution in [0.3, 0.4) is 0 Å². The van der Waals surface area contributed by atoms with Crippen molar-refractivity contribution in [2.75, 3.05) is 0 Å².